The Morgan fingerprint density at radius 1 is 1.31 bits per heavy atom. The maximum Gasteiger partial charge on any atom is 0.228 e. The Bertz CT molecular complexity index is 429. The molecule has 6 heteroatoms. The lowest BCUT2D eigenvalue weighted by atomic mass is 10.3. The SMILES string of the molecule is O=C1CC(Cl)CN1c1c(Cl)cc(F)cc1Cl. The first-order chi connectivity index (χ1) is 7.49. The first kappa shape index (κ1) is 12.0. The second kappa shape index (κ2) is 4.40. The zero-order valence-electron chi connectivity index (χ0n) is 8.01. The van der Waals surface area contributed by atoms with Crippen molar-refractivity contribution in [2.24, 2.45) is 0 Å². The van der Waals surface area contributed by atoms with E-state index in [4.69, 9.17) is 34.8 Å². The molecule has 0 spiro atoms. The van der Waals surface area contributed by atoms with Gasteiger partial charge in [0.25, 0.3) is 0 Å². The number of benzene rings is 1. The highest BCUT2D eigenvalue weighted by Crippen LogP contribution is 2.37. The number of rotatable bonds is 1. The molecule has 16 heavy (non-hydrogen) atoms. The van der Waals surface area contributed by atoms with E-state index in [1.54, 1.807) is 0 Å². The van der Waals surface area contributed by atoms with Crippen LogP contribution in [0.4, 0.5) is 10.1 Å². The molecule has 0 N–H and O–H groups in total. The molecule has 0 bridgehead atoms. The first-order valence-corrected chi connectivity index (χ1v) is 5.77. The lowest BCUT2D eigenvalue weighted by molar-refractivity contribution is -0.117. The quantitative estimate of drug-likeness (QED) is 0.722. The van der Waals surface area contributed by atoms with Gasteiger partial charge in [-0.1, -0.05) is 23.2 Å². The monoisotopic (exact) mass is 281 g/mol. The summed E-state index contributed by atoms with van der Waals surface area (Å²) in [5.74, 6) is -0.691. The van der Waals surface area contributed by atoms with E-state index in [1.807, 2.05) is 0 Å². The molecule has 2 nitrogen and oxygen atoms in total. The third-order valence-electron chi connectivity index (χ3n) is 2.33. The Kier molecular flexibility index (Phi) is 3.29. The van der Waals surface area contributed by atoms with Crippen LogP contribution in [0.3, 0.4) is 0 Å². The van der Waals surface area contributed by atoms with Crippen LogP contribution in [0.15, 0.2) is 12.1 Å². The lowest BCUT2D eigenvalue weighted by Crippen LogP contribution is -2.25. The lowest BCUT2D eigenvalue weighted by Gasteiger charge is -2.18. The van der Waals surface area contributed by atoms with Crippen LogP contribution in [-0.2, 0) is 4.79 Å². The Morgan fingerprint density at radius 2 is 1.88 bits per heavy atom. The van der Waals surface area contributed by atoms with E-state index in [1.165, 1.54) is 4.90 Å². The van der Waals surface area contributed by atoms with Crippen molar-refractivity contribution < 1.29 is 9.18 Å². The number of anilines is 1. The average molecular weight is 283 g/mol. The smallest absolute Gasteiger partial charge is 0.228 e. The molecule has 2 rings (SSSR count). The van der Waals surface area contributed by atoms with E-state index in [0.29, 0.717) is 12.2 Å². The third kappa shape index (κ3) is 2.12. The fourth-order valence-corrected chi connectivity index (χ4v) is 2.61. The van der Waals surface area contributed by atoms with Crippen LogP contribution in [0.25, 0.3) is 0 Å². The van der Waals surface area contributed by atoms with Gasteiger partial charge in [-0.15, -0.1) is 11.6 Å². The highest BCUT2D eigenvalue weighted by atomic mass is 35.5. The molecule has 1 fully saturated rings. The Balaban J connectivity index is 2.44. The molecular formula is C10H7Cl3FNO. The van der Waals surface area contributed by atoms with Gasteiger partial charge < -0.3 is 4.90 Å². The predicted octanol–water partition coefficient (Wildman–Crippen LogP) is 3.48. The van der Waals surface area contributed by atoms with E-state index in [0.717, 1.165) is 12.1 Å². The van der Waals surface area contributed by atoms with Crippen molar-refractivity contribution in [2.75, 3.05) is 11.4 Å². The van der Waals surface area contributed by atoms with Gasteiger partial charge in [-0.25, -0.2) is 4.39 Å². The predicted molar refractivity (Wildman–Crippen MR) is 63.0 cm³/mol. The molecule has 0 saturated carbocycles. The van der Waals surface area contributed by atoms with Crippen LogP contribution in [0.5, 0.6) is 0 Å². The summed E-state index contributed by atoms with van der Waals surface area (Å²) in [5.41, 5.74) is 0.331. The molecular weight excluding hydrogens is 275 g/mol. The van der Waals surface area contributed by atoms with Crippen molar-refractivity contribution in [3.63, 3.8) is 0 Å². The fraction of sp³-hybridized carbons (Fsp3) is 0.300. The summed E-state index contributed by atoms with van der Waals surface area (Å²) in [6.07, 6.45) is 0.242. The normalized spacial score (nSPS) is 20.6. The van der Waals surface area contributed by atoms with Gasteiger partial charge in [0.05, 0.1) is 21.1 Å². The summed E-state index contributed by atoms with van der Waals surface area (Å²) in [6.45, 7) is 0.339. The molecule has 86 valence electrons. The van der Waals surface area contributed by atoms with Gasteiger partial charge in [-0.3, -0.25) is 4.79 Å². The molecule has 1 saturated heterocycles. The number of carbonyl (C=O) groups excluding carboxylic acids is 1. The molecule has 1 atom stereocenters. The second-order valence-electron chi connectivity index (χ2n) is 3.52. The molecule has 1 aromatic rings. The molecule has 1 aliphatic heterocycles. The minimum absolute atomic E-state index is 0.115. The molecule has 1 aromatic carbocycles. The summed E-state index contributed by atoms with van der Waals surface area (Å²) in [7, 11) is 0. The largest absolute Gasteiger partial charge is 0.308 e. The minimum Gasteiger partial charge on any atom is -0.308 e. The van der Waals surface area contributed by atoms with Gasteiger partial charge in [-0.05, 0) is 12.1 Å². The molecule has 0 aliphatic carbocycles. The molecule has 1 heterocycles. The van der Waals surface area contributed by atoms with Gasteiger partial charge >= 0.3 is 0 Å². The number of alkyl halides is 1. The van der Waals surface area contributed by atoms with Crippen molar-refractivity contribution in [3.8, 4) is 0 Å². The van der Waals surface area contributed by atoms with Crippen LogP contribution in [0.2, 0.25) is 10.0 Å². The summed E-state index contributed by atoms with van der Waals surface area (Å²) >= 11 is 17.6. The maximum atomic E-state index is 13.0. The Morgan fingerprint density at radius 3 is 2.31 bits per heavy atom. The molecule has 0 aromatic heterocycles. The summed E-state index contributed by atoms with van der Waals surface area (Å²) < 4.78 is 13.0. The van der Waals surface area contributed by atoms with Crippen molar-refractivity contribution in [1.82, 2.24) is 0 Å². The molecule has 0 radical (unpaired) electrons. The second-order valence-corrected chi connectivity index (χ2v) is 4.96. The first-order valence-electron chi connectivity index (χ1n) is 4.58. The van der Waals surface area contributed by atoms with Crippen LogP contribution < -0.4 is 4.90 Å². The Hall–Kier alpha value is -0.510. The van der Waals surface area contributed by atoms with Gasteiger partial charge in [-0.2, -0.15) is 0 Å². The Labute approximate surface area is 107 Å². The molecule has 1 aliphatic rings. The standard InChI is InChI=1S/C10H7Cl3FNO/c11-5-1-9(16)15(4-5)10-7(12)2-6(14)3-8(10)13/h2-3,5H,1,4H2. The zero-order valence-corrected chi connectivity index (χ0v) is 10.3. The van der Waals surface area contributed by atoms with E-state index in [-0.39, 0.29) is 27.8 Å². The number of halogens is 4. The summed E-state index contributed by atoms with van der Waals surface area (Å²) in [5, 5.41) is -0.0297. The van der Waals surface area contributed by atoms with E-state index >= 15 is 0 Å². The molecule has 1 unspecified atom stereocenters. The van der Waals surface area contributed by atoms with Crippen molar-refractivity contribution in [3.05, 3.63) is 28.0 Å². The van der Waals surface area contributed by atoms with Crippen LogP contribution in [0.1, 0.15) is 6.42 Å². The van der Waals surface area contributed by atoms with Crippen LogP contribution >= 0.6 is 34.8 Å². The number of hydrogen-bond donors (Lipinski definition) is 0. The third-order valence-corrected chi connectivity index (χ3v) is 3.20. The van der Waals surface area contributed by atoms with Gasteiger partial charge in [0.1, 0.15) is 5.82 Å². The van der Waals surface area contributed by atoms with Crippen LogP contribution in [0, 0.1) is 5.82 Å². The topological polar surface area (TPSA) is 20.3 Å². The number of carbonyl (C=O) groups is 1. The zero-order chi connectivity index (χ0) is 11.9. The maximum absolute atomic E-state index is 13.0. The average Bonchev–Trinajstić information content (AvgIpc) is 2.43. The van der Waals surface area contributed by atoms with Gasteiger partial charge in [0.15, 0.2) is 0 Å². The van der Waals surface area contributed by atoms with E-state index in [2.05, 4.69) is 0 Å². The van der Waals surface area contributed by atoms with Crippen molar-refractivity contribution in [2.45, 2.75) is 11.8 Å². The summed E-state index contributed by atoms with van der Waals surface area (Å²) in [4.78, 5) is 13.0. The number of amides is 1. The van der Waals surface area contributed by atoms with Crippen LogP contribution in [-0.4, -0.2) is 17.8 Å². The number of hydrogen-bond acceptors (Lipinski definition) is 1. The number of nitrogens with zero attached hydrogens (tertiary/aromatic N) is 1. The van der Waals surface area contributed by atoms with Crippen molar-refractivity contribution >= 4 is 46.4 Å². The highest BCUT2D eigenvalue weighted by molar-refractivity contribution is 6.40. The van der Waals surface area contributed by atoms with E-state index in [9.17, 15) is 9.18 Å². The minimum atomic E-state index is -0.534. The van der Waals surface area contributed by atoms with Gasteiger partial charge in [0, 0.05) is 13.0 Å². The van der Waals surface area contributed by atoms with Gasteiger partial charge in [0.2, 0.25) is 5.91 Å². The fourth-order valence-electron chi connectivity index (χ4n) is 1.67. The van der Waals surface area contributed by atoms with Crippen molar-refractivity contribution in [1.29, 1.82) is 0 Å². The highest BCUT2D eigenvalue weighted by Gasteiger charge is 2.31. The van der Waals surface area contributed by atoms with E-state index < -0.39 is 5.82 Å². The summed E-state index contributed by atoms with van der Waals surface area (Å²) in [6, 6.07) is 2.25. The molecule has 1 amide bonds.